The largest absolute Gasteiger partial charge is 0.494 e. The second-order valence-electron chi connectivity index (χ2n) is 5.12. The zero-order valence-electron chi connectivity index (χ0n) is 13.5. The molecular weight excluding hydrogens is 264 g/mol. The monoisotopic (exact) mass is 294 g/mol. The summed E-state index contributed by atoms with van der Waals surface area (Å²) in [7, 11) is 1.73. The van der Waals surface area contributed by atoms with Crippen molar-refractivity contribution in [3.8, 4) is 5.75 Å². The molecule has 0 aliphatic heterocycles. The fourth-order valence-corrected chi connectivity index (χ4v) is 1.91. The van der Waals surface area contributed by atoms with E-state index in [-0.39, 0.29) is 0 Å². The van der Waals surface area contributed by atoms with E-state index in [1.807, 2.05) is 0 Å². The molecule has 0 fully saturated rings. The maximum atomic E-state index is 5.65. The standard InChI is InChI=1S/C17H30N2O2/c1-3-4-13-21-17-8-6-16(7-9-17)15-19-11-5-10-18-12-14-20-2/h6-9,18-19H,3-5,10-15H2,1-2H3. The van der Waals surface area contributed by atoms with Crippen LogP contribution in [0.25, 0.3) is 0 Å². The third-order valence-corrected chi connectivity index (χ3v) is 3.21. The van der Waals surface area contributed by atoms with Crippen molar-refractivity contribution in [1.29, 1.82) is 0 Å². The minimum atomic E-state index is 0.778. The van der Waals surface area contributed by atoms with E-state index in [0.717, 1.165) is 58.0 Å². The molecule has 0 saturated heterocycles. The highest BCUT2D eigenvalue weighted by molar-refractivity contribution is 5.27. The van der Waals surface area contributed by atoms with Gasteiger partial charge in [0, 0.05) is 20.2 Å². The van der Waals surface area contributed by atoms with Gasteiger partial charge in [-0.15, -0.1) is 0 Å². The summed E-state index contributed by atoms with van der Waals surface area (Å²) in [6, 6.07) is 8.37. The lowest BCUT2D eigenvalue weighted by molar-refractivity contribution is 0.199. The first-order chi connectivity index (χ1) is 10.4. The Bertz CT molecular complexity index is 341. The zero-order valence-corrected chi connectivity index (χ0v) is 13.5. The molecular formula is C17H30N2O2. The molecule has 0 atom stereocenters. The van der Waals surface area contributed by atoms with E-state index in [2.05, 4.69) is 41.8 Å². The number of methoxy groups -OCH3 is 1. The highest BCUT2D eigenvalue weighted by atomic mass is 16.5. The van der Waals surface area contributed by atoms with E-state index in [4.69, 9.17) is 9.47 Å². The van der Waals surface area contributed by atoms with Crippen molar-refractivity contribution in [3.63, 3.8) is 0 Å². The lowest BCUT2D eigenvalue weighted by atomic mass is 10.2. The minimum absolute atomic E-state index is 0.778. The molecule has 2 N–H and O–H groups in total. The van der Waals surface area contributed by atoms with Gasteiger partial charge in [0.25, 0.3) is 0 Å². The Morgan fingerprint density at radius 2 is 1.67 bits per heavy atom. The van der Waals surface area contributed by atoms with Crippen LogP contribution in [0, 0.1) is 0 Å². The maximum absolute atomic E-state index is 5.65. The number of hydrogen-bond donors (Lipinski definition) is 2. The van der Waals surface area contributed by atoms with Gasteiger partial charge in [-0.2, -0.15) is 0 Å². The molecule has 0 aliphatic rings. The van der Waals surface area contributed by atoms with Crippen molar-refractivity contribution in [3.05, 3.63) is 29.8 Å². The summed E-state index contributed by atoms with van der Waals surface area (Å²) in [5, 5.41) is 6.79. The van der Waals surface area contributed by atoms with E-state index in [1.165, 1.54) is 12.0 Å². The Kier molecular flexibility index (Phi) is 10.8. The maximum Gasteiger partial charge on any atom is 0.119 e. The third kappa shape index (κ3) is 9.45. The van der Waals surface area contributed by atoms with Crippen molar-refractivity contribution >= 4 is 0 Å². The molecule has 0 radical (unpaired) electrons. The normalized spacial score (nSPS) is 10.8. The van der Waals surface area contributed by atoms with Crippen molar-refractivity contribution < 1.29 is 9.47 Å². The molecule has 1 rings (SSSR count). The van der Waals surface area contributed by atoms with Crippen LogP contribution in [-0.2, 0) is 11.3 Å². The first kappa shape index (κ1) is 18.0. The molecule has 0 unspecified atom stereocenters. The lowest BCUT2D eigenvalue weighted by Gasteiger charge is -2.08. The zero-order chi connectivity index (χ0) is 15.2. The van der Waals surface area contributed by atoms with Crippen LogP contribution >= 0.6 is 0 Å². The topological polar surface area (TPSA) is 42.5 Å². The number of hydrogen-bond acceptors (Lipinski definition) is 4. The number of rotatable bonds is 13. The van der Waals surface area contributed by atoms with Gasteiger partial charge in [0.15, 0.2) is 0 Å². The van der Waals surface area contributed by atoms with Crippen molar-refractivity contribution in [2.45, 2.75) is 32.7 Å². The van der Waals surface area contributed by atoms with Gasteiger partial charge >= 0.3 is 0 Å². The molecule has 0 aromatic heterocycles. The molecule has 1 aromatic carbocycles. The van der Waals surface area contributed by atoms with Crippen LogP contribution in [0.2, 0.25) is 0 Å². The van der Waals surface area contributed by atoms with Crippen LogP contribution < -0.4 is 15.4 Å². The summed E-state index contributed by atoms with van der Waals surface area (Å²) in [4.78, 5) is 0. The molecule has 0 saturated carbocycles. The van der Waals surface area contributed by atoms with Gasteiger partial charge in [0.2, 0.25) is 0 Å². The highest BCUT2D eigenvalue weighted by Gasteiger charge is 1.96. The smallest absolute Gasteiger partial charge is 0.119 e. The van der Waals surface area contributed by atoms with Crippen molar-refractivity contribution in [1.82, 2.24) is 10.6 Å². The predicted molar refractivity (Wildman–Crippen MR) is 87.9 cm³/mol. The highest BCUT2D eigenvalue weighted by Crippen LogP contribution is 2.12. The van der Waals surface area contributed by atoms with E-state index < -0.39 is 0 Å². The van der Waals surface area contributed by atoms with Crippen LogP contribution in [0.3, 0.4) is 0 Å². The van der Waals surface area contributed by atoms with Crippen LogP contribution in [0.1, 0.15) is 31.7 Å². The molecule has 0 aliphatic carbocycles. The summed E-state index contributed by atoms with van der Waals surface area (Å²) in [5.41, 5.74) is 1.30. The Labute approximate surface area is 129 Å². The molecule has 120 valence electrons. The molecule has 21 heavy (non-hydrogen) atoms. The van der Waals surface area contributed by atoms with Gasteiger partial charge in [-0.3, -0.25) is 0 Å². The first-order valence-corrected chi connectivity index (χ1v) is 7.99. The van der Waals surface area contributed by atoms with Gasteiger partial charge in [0.1, 0.15) is 5.75 Å². The number of benzene rings is 1. The second kappa shape index (κ2) is 12.6. The molecule has 0 bridgehead atoms. The molecule has 0 spiro atoms. The van der Waals surface area contributed by atoms with Crippen LogP contribution in [0.4, 0.5) is 0 Å². The Balaban J connectivity index is 2.04. The number of nitrogens with one attached hydrogen (secondary N) is 2. The van der Waals surface area contributed by atoms with Gasteiger partial charge < -0.3 is 20.1 Å². The predicted octanol–water partition coefficient (Wildman–Crippen LogP) is 2.58. The first-order valence-electron chi connectivity index (χ1n) is 7.99. The average Bonchev–Trinajstić information content (AvgIpc) is 2.52. The molecule has 0 heterocycles. The van der Waals surface area contributed by atoms with Crippen molar-refractivity contribution in [2.24, 2.45) is 0 Å². The average molecular weight is 294 g/mol. The van der Waals surface area contributed by atoms with E-state index in [9.17, 15) is 0 Å². The van der Waals surface area contributed by atoms with Gasteiger partial charge in [-0.25, -0.2) is 0 Å². The van der Waals surface area contributed by atoms with E-state index >= 15 is 0 Å². The quantitative estimate of drug-likeness (QED) is 0.549. The summed E-state index contributed by atoms with van der Waals surface area (Å²) >= 11 is 0. The fraction of sp³-hybridized carbons (Fsp3) is 0.647. The summed E-state index contributed by atoms with van der Waals surface area (Å²) < 4.78 is 10.6. The number of unbranched alkanes of at least 4 members (excludes halogenated alkanes) is 1. The SMILES string of the molecule is CCCCOc1ccc(CNCCCNCCOC)cc1. The Morgan fingerprint density at radius 1 is 0.905 bits per heavy atom. The summed E-state index contributed by atoms with van der Waals surface area (Å²) in [5.74, 6) is 0.967. The Morgan fingerprint density at radius 3 is 2.38 bits per heavy atom. The van der Waals surface area contributed by atoms with Crippen LogP contribution in [0.5, 0.6) is 5.75 Å². The van der Waals surface area contributed by atoms with E-state index in [1.54, 1.807) is 7.11 Å². The van der Waals surface area contributed by atoms with Gasteiger partial charge in [-0.05, 0) is 43.6 Å². The molecule has 4 heteroatoms. The van der Waals surface area contributed by atoms with Crippen LogP contribution in [-0.4, -0.2) is 40.0 Å². The fourth-order valence-electron chi connectivity index (χ4n) is 1.91. The minimum Gasteiger partial charge on any atom is -0.494 e. The van der Waals surface area contributed by atoms with Gasteiger partial charge in [-0.1, -0.05) is 25.5 Å². The molecule has 0 amide bonds. The number of ether oxygens (including phenoxy) is 2. The van der Waals surface area contributed by atoms with E-state index in [0.29, 0.717) is 0 Å². The van der Waals surface area contributed by atoms with Crippen LogP contribution in [0.15, 0.2) is 24.3 Å². The summed E-state index contributed by atoms with van der Waals surface area (Å²) in [6.07, 6.45) is 3.41. The van der Waals surface area contributed by atoms with Gasteiger partial charge in [0.05, 0.1) is 13.2 Å². The summed E-state index contributed by atoms with van der Waals surface area (Å²) in [6.45, 7) is 7.65. The lowest BCUT2D eigenvalue weighted by Crippen LogP contribution is -2.24. The molecule has 4 nitrogen and oxygen atoms in total. The van der Waals surface area contributed by atoms with Crippen molar-refractivity contribution in [2.75, 3.05) is 40.0 Å². The molecule has 1 aromatic rings. The third-order valence-electron chi connectivity index (χ3n) is 3.21. The second-order valence-corrected chi connectivity index (χ2v) is 5.12. The Hall–Kier alpha value is -1.10.